The lowest BCUT2D eigenvalue weighted by Gasteiger charge is -2.10. The minimum atomic E-state index is -0.0366. The fourth-order valence-corrected chi connectivity index (χ4v) is 1.98. The van der Waals surface area contributed by atoms with Gasteiger partial charge in [-0.25, -0.2) is 0 Å². The minimum absolute atomic E-state index is 0.0366. The van der Waals surface area contributed by atoms with E-state index in [2.05, 4.69) is 26.1 Å². The first-order valence-corrected chi connectivity index (χ1v) is 6.56. The smallest absolute Gasteiger partial charge is 0.170 e. The molecule has 0 aliphatic carbocycles. The molecule has 2 aromatic rings. The number of nitrogens with zero attached hydrogens (tertiary/aromatic N) is 3. The van der Waals surface area contributed by atoms with Gasteiger partial charge < -0.3 is 9.30 Å². The lowest BCUT2D eigenvalue weighted by Crippen LogP contribution is -2.06. The Kier molecular flexibility index (Phi) is 3.99. The van der Waals surface area contributed by atoms with E-state index < -0.39 is 0 Å². The number of aryl methyl sites for hydroxylation is 1. The van der Waals surface area contributed by atoms with Gasteiger partial charge in [-0.05, 0) is 32.0 Å². The van der Waals surface area contributed by atoms with Gasteiger partial charge in [0, 0.05) is 11.5 Å². The van der Waals surface area contributed by atoms with Gasteiger partial charge in [0.2, 0.25) is 0 Å². The number of carbonyl (C=O) groups is 1. The van der Waals surface area contributed by atoms with Gasteiger partial charge in [-0.3, -0.25) is 4.79 Å². The molecule has 0 saturated heterocycles. The normalized spacial score (nSPS) is 10.5. The number of hydrogen-bond donors (Lipinski definition) is 0. The highest BCUT2D eigenvalue weighted by Crippen LogP contribution is 2.24. The molecule has 0 spiro atoms. The van der Waals surface area contributed by atoms with Crippen molar-refractivity contribution in [3.05, 3.63) is 39.9 Å². The first-order chi connectivity index (χ1) is 8.99. The number of Topliss-reactive ketones (excluding diaryl/α,β-unsaturated/α-hetero) is 1. The number of aromatic nitrogens is 3. The summed E-state index contributed by atoms with van der Waals surface area (Å²) in [5, 5.41) is 7.97. The summed E-state index contributed by atoms with van der Waals surface area (Å²) >= 11 is 3.34. The van der Waals surface area contributed by atoms with Crippen molar-refractivity contribution in [1.82, 2.24) is 14.8 Å². The predicted molar refractivity (Wildman–Crippen MR) is 74.2 cm³/mol. The maximum absolute atomic E-state index is 11.6. The molecule has 0 saturated carbocycles. The summed E-state index contributed by atoms with van der Waals surface area (Å²) in [6.07, 6.45) is 0. The van der Waals surface area contributed by atoms with Crippen LogP contribution in [0.3, 0.4) is 0 Å². The molecule has 1 aromatic carbocycles. The summed E-state index contributed by atoms with van der Waals surface area (Å²) in [5.74, 6) is 2.05. The summed E-state index contributed by atoms with van der Waals surface area (Å²) in [4.78, 5) is 11.6. The summed E-state index contributed by atoms with van der Waals surface area (Å²) in [6, 6.07) is 5.35. The molecule has 0 unspecified atom stereocenters. The van der Waals surface area contributed by atoms with E-state index in [1.54, 1.807) is 12.1 Å². The van der Waals surface area contributed by atoms with Crippen LogP contribution in [0.1, 0.15) is 28.9 Å². The number of ether oxygens (including phenoxy) is 1. The summed E-state index contributed by atoms with van der Waals surface area (Å²) < 4.78 is 8.37. The van der Waals surface area contributed by atoms with Crippen molar-refractivity contribution in [2.24, 2.45) is 7.05 Å². The molecule has 2 rings (SSSR count). The molecule has 0 atom stereocenters. The molecule has 5 nitrogen and oxygen atoms in total. The second-order valence-electron chi connectivity index (χ2n) is 4.21. The molecule has 0 bridgehead atoms. The molecule has 0 fully saturated rings. The highest BCUT2D eigenvalue weighted by Gasteiger charge is 2.11. The van der Waals surface area contributed by atoms with Crippen molar-refractivity contribution in [2.45, 2.75) is 20.5 Å². The van der Waals surface area contributed by atoms with E-state index in [4.69, 9.17) is 4.74 Å². The summed E-state index contributed by atoms with van der Waals surface area (Å²) in [6.45, 7) is 3.66. The summed E-state index contributed by atoms with van der Waals surface area (Å²) in [7, 11) is 1.88. The molecule has 100 valence electrons. The number of hydrogen-bond acceptors (Lipinski definition) is 4. The van der Waals surface area contributed by atoms with E-state index in [1.807, 2.05) is 24.6 Å². The third-order valence-electron chi connectivity index (χ3n) is 2.86. The van der Waals surface area contributed by atoms with Crippen LogP contribution in [-0.2, 0) is 13.7 Å². The van der Waals surface area contributed by atoms with Gasteiger partial charge in [0.25, 0.3) is 0 Å². The van der Waals surface area contributed by atoms with E-state index in [9.17, 15) is 4.79 Å². The largest absolute Gasteiger partial charge is 0.485 e. The van der Waals surface area contributed by atoms with Crippen molar-refractivity contribution < 1.29 is 9.53 Å². The zero-order chi connectivity index (χ0) is 14.0. The van der Waals surface area contributed by atoms with Crippen molar-refractivity contribution >= 4 is 21.7 Å². The number of rotatable bonds is 4. The van der Waals surface area contributed by atoms with E-state index >= 15 is 0 Å². The van der Waals surface area contributed by atoms with Crippen molar-refractivity contribution in [3.8, 4) is 5.75 Å². The van der Waals surface area contributed by atoms with E-state index in [1.165, 1.54) is 6.92 Å². The van der Waals surface area contributed by atoms with Crippen LogP contribution in [0.5, 0.6) is 5.75 Å². The molecule has 0 amide bonds. The number of benzene rings is 1. The minimum Gasteiger partial charge on any atom is -0.485 e. The Bertz CT molecular complexity index is 622. The highest BCUT2D eigenvalue weighted by molar-refractivity contribution is 9.10. The van der Waals surface area contributed by atoms with Crippen molar-refractivity contribution in [1.29, 1.82) is 0 Å². The van der Waals surface area contributed by atoms with Gasteiger partial charge in [0.05, 0.1) is 5.56 Å². The third-order valence-corrected chi connectivity index (χ3v) is 3.35. The SMILES string of the molecule is CC(=O)c1cc(Br)ccc1OCc1nnc(C)n1C. The van der Waals surface area contributed by atoms with Gasteiger partial charge in [0.1, 0.15) is 18.2 Å². The molecule has 1 heterocycles. The van der Waals surface area contributed by atoms with Crippen LogP contribution in [0.15, 0.2) is 22.7 Å². The van der Waals surface area contributed by atoms with Crippen LogP contribution in [0.25, 0.3) is 0 Å². The first-order valence-electron chi connectivity index (χ1n) is 5.77. The van der Waals surface area contributed by atoms with Crippen LogP contribution in [0.2, 0.25) is 0 Å². The second kappa shape index (κ2) is 5.52. The van der Waals surface area contributed by atoms with E-state index in [-0.39, 0.29) is 12.4 Å². The van der Waals surface area contributed by atoms with Gasteiger partial charge >= 0.3 is 0 Å². The third kappa shape index (κ3) is 3.01. The van der Waals surface area contributed by atoms with E-state index in [0.717, 1.165) is 16.1 Å². The molecule has 0 aliphatic heterocycles. The van der Waals surface area contributed by atoms with Gasteiger partial charge in [-0.2, -0.15) is 0 Å². The predicted octanol–water partition coefficient (Wildman–Crippen LogP) is 2.67. The monoisotopic (exact) mass is 323 g/mol. The molecular weight excluding hydrogens is 310 g/mol. The Balaban J connectivity index is 2.20. The van der Waals surface area contributed by atoms with Crippen LogP contribution >= 0.6 is 15.9 Å². The van der Waals surface area contributed by atoms with Gasteiger partial charge in [-0.1, -0.05) is 15.9 Å². The van der Waals surface area contributed by atoms with Crippen LogP contribution in [0, 0.1) is 6.92 Å². The zero-order valence-corrected chi connectivity index (χ0v) is 12.6. The first kappa shape index (κ1) is 13.7. The lowest BCUT2D eigenvalue weighted by molar-refractivity contribution is 0.101. The van der Waals surface area contributed by atoms with Gasteiger partial charge in [-0.15, -0.1) is 10.2 Å². The molecule has 0 radical (unpaired) electrons. The maximum Gasteiger partial charge on any atom is 0.170 e. The molecule has 6 heteroatoms. The summed E-state index contributed by atoms with van der Waals surface area (Å²) in [5.41, 5.74) is 0.549. The number of carbonyl (C=O) groups excluding carboxylic acids is 1. The Morgan fingerprint density at radius 1 is 1.42 bits per heavy atom. The van der Waals surface area contributed by atoms with Crippen molar-refractivity contribution in [2.75, 3.05) is 0 Å². The molecule has 0 N–H and O–H groups in total. The zero-order valence-electron chi connectivity index (χ0n) is 11.0. The van der Waals surface area contributed by atoms with E-state index in [0.29, 0.717) is 11.3 Å². The Morgan fingerprint density at radius 3 is 2.74 bits per heavy atom. The average molecular weight is 324 g/mol. The lowest BCUT2D eigenvalue weighted by atomic mass is 10.1. The number of ketones is 1. The quantitative estimate of drug-likeness (QED) is 0.812. The second-order valence-corrected chi connectivity index (χ2v) is 5.12. The van der Waals surface area contributed by atoms with Gasteiger partial charge in [0.15, 0.2) is 11.6 Å². The van der Waals surface area contributed by atoms with Crippen molar-refractivity contribution in [3.63, 3.8) is 0 Å². The molecular formula is C13H14BrN3O2. The Morgan fingerprint density at radius 2 is 2.16 bits per heavy atom. The Labute approximate surface area is 119 Å². The number of halogens is 1. The Hall–Kier alpha value is -1.69. The fourth-order valence-electron chi connectivity index (χ4n) is 1.62. The average Bonchev–Trinajstić information content (AvgIpc) is 2.68. The van der Waals surface area contributed by atoms with Crippen LogP contribution < -0.4 is 4.74 Å². The standard InChI is InChI=1S/C13H14BrN3O2/c1-8(18)11-6-10(14)4-5-12(11)19-7-13-16-15-9(2)17(13)3/h4-6H,7H2,1-3H3. The van der Waals surface area contributed by atoms with Crippen LogP contribution in [-0.4, -0.2) is 20.5 Å². The maximum atomic E-state index is 11.6. The molecule has 1 aromatic heterocycles. The fraction of sp³-hybridized carbons (Fsp3) is 0.308. The molecule has 0 aliphatic rings. The highest BCUT2D eigenvalue weighted by atomic mass is 79.9. The van der Waals surface area contributed by atoms with Crippen LogP contribution in [0.4, 0.5) is 0 Å². The topological polar surface area (TPSA) is 57.0 Å². The molecule has 19 heavy (non-hydrogen) atoms.